The zero-order chi connectivity index (χ0) is 14.3. The molecule has 3 rings (SSSR count). The molecule has 0 unspecified atom stereocenters. The molecule has 2 N–H and O–H groups in total. The van der Waals surface area contributed by atoms with Gasteiger partial charge in [-0.3, -0.25) is 0 Å². The third-order valence-corrected chi connectivity index (χ3v) is 3.27. The number of aromatic nitrogens is 1. The molecule has 1 aromatic heterocycles. The fraction of sp³-hybridized carbons (Fsp3) is 0.188. The lowest BCUT2D eigenvalue weighted by atomic mass is 10.0. The highest BCUT2D eigenvalue weighted by Crippen LogP contribution is 2.32. The fourth-order valence-corrected chi connectivity index (χ4v) is 2.26. The normalized spacial score (nSPS) is 11.4. The number of halogens is 1. The Morgan fingerprint density at radius 3 is 2.65 bits per heavy atom. The van der Waals surface area contributed by atoms with Crippen molar-refractivity contribution in [3.8, 4) is 11.5 Å². The van der Waals surface area contributed by atoms with E-state index in [0.29, 0.717) is 22.4 Å². The van der Waals surface area contributed by atoms with Crippen molar-refractivity contribution in [1.82, 2.24) is 4.98 Å². The molecule has 3 nitrogen and oxygen atoms in total. The van der Waals surface area contributed by atoms with Gasteiger partial charge in [-0.25, -0.2) is 9.37 Å². The summed E-state index contributed by atoms with van der Waals surface area (Å²) < 4.78 is 19.6. The molecule has 102 valence electrons. The maximum Gasteiger partial charge on any atom is 0.230 e. The van der Waals surface area contributed by atoms with Gasteiger partial charge in [-0.2, -0.15) is 0 Å². The van der Waals surface area contributed by atoms with Gasteiger partial charge in [0.15, 0.2) is 5.58 Å². The predicted molar refractivity (Wildman–Crippen MR) is 77.9 cm³/mol. The summed E-state index contributed by atoms with van der Waals surface area (Å²) in [6.07, 6.45) is 0. The molecule has 0 bridgehead atoms. The number of oxazole rings is 1. The summed E-state index contributed by atoms with van der Waals surface area (Å²) in [6.45, 7) is 4.11. The Morgan fingerprint density at radius 2 is 1.95 bits per heavy atom. The highest BCUT2D eigenvalue weighted by atomic mass is 19.1. The maximum atomic E-state index is 13.8. The van der Waals surface area contributed by atoms with E-state index in [1.54, 1.807) is 24.3 Å². The summed E-state index contributed by atoms with van der Waals surface area (Å²) in [6, 6.07) is 10.1. The number of rotatable bonds is 2. The van der Waals surface area contributed by atoms with Gasteiger partial charge in [-0.05, 0) is 30.2 Å². The van der Waals surface area contributed by atoms with Crippen LogP contribution in [0.4, 0.5) is 10.1 Å². The molecule has 0 amide bonds. The number of fused-ring (bicyclic) bond motifs is 1. The molecule has 0 saturated heterocycles. The van der Waals surface area contributed by atoms with Crippen LogP contribution >= 0.6 is 0 Å². The van der Waals surface area contributed by atoms with Gasteiger partial charge in [0, 0.05) is 11.3 Å². The molecule has 0 radical (unpaired) electrons. The van der Waals surface area contributed by atoms with E-state index >= 15 is 0 Å². The standard InChI is InChI=1S/C16H15FN2O/c1-9(2)12-7-10(18)8-14-15(12)20-16(19-14)11-5-3-4-6-13(11)17/h3-9H,18H2,1-2H3. The number of hydrogen-bond donors (Lipinski definition) is 1. The maximum absolute atomic E-state index is 13.8. The largest absolute Gasteiger partial charge is 0.436 e. The second-order valence-electron chi connectivity index (χ2n) is 5.11. The van der Waals surface area contributed by atoms with E-state index < -0.39 is 0 Å². The van der Waals surface area contributed by atoms with Gasteiger partial charge in [0.2, 0.25) is 5.89 Å². The van der Waals surface area contributed by atoms with Crippen molar-refractivity contribution in [3.05, 3.63) is 47.8 Å². The molecular weight excluding hydrogens is 255 g/mol. The fourth-order valence-electron chi connectivity index (χ4n) is 2.26. The van der Waals surface area contributed by atoms with Crippen LogP contribution in [0.1, 0.15) is 25.3 Å². The summed E-state index contributed by atoms with van der Waals surface area (Å²) >= 11 is 0. The van der Waals surface area contributed by atoms with Gasteiger partial charge in [0.25, 0.3) is 0 Å². The summed E-state index contributed by atoms with van der Waals surface area (Å²) in [5.41, 5.74) is 9.19. The van der Waals surface area contributed by atoms with Gasteiger partial charge >= 0.3 is 0 Å². The van der Waals surface area contributed by atoms with Crippen molar-refractivity contribution in [3.63, 3.8) is 0 Å². The second kappa shape index (κ2) is 4.63. The Morgan fingerprint density at radius 1 is 1.20 bits per heavy atom. The van der Waals surface area contributed by atoms with Crippen LogP contribution in [-0.2, 0) is 0 Å². The SMILES string of the molecule is CC(C)c1cc(N)cc2nc(-c3ccccc3F)oc12. The summed E-state index contributed by atoms with van der Waals surface area (Å²) in [7, 11) is 0. The van der Waals surface area contributed by atoms with Gasteiger partial charge in [0.1, 0.15) is 11.3 Å². The quantitative estimate of drug-likeness (QED) is 0.705. The molecule has 4 heteroatoms. The zero-order valence-electron chi connectivity index (χ0n) is 11.4. The monoisotopic (exact) mass is 270 g/mol. The van der Waals surface area contributed by atoms with Crippen LogP contribution in [0.25, 0.3) is 22.6 Å². The van der Waals surface area contributed by atoms with E-state index in [9.17, 15) is 4.39 Å². The minimum Gasteiger partial charge on any atom is -0.436 e. The molecule has 0 atom stereocenters. The Balaban J connectivity index is 2.26. The topological polar surface area (TPSA) is 52.0 Å². The highest BCUT2D eigenvalue weighted by molar-refractivity contribution is 5.83. The molecular formula is C16H15FN2O. The number of anilines is 1. The first-order valence-corrected chi connectivity index (χ1v) is 6.51. The van der Waals surface area contributed by atoms with E-state index in [1.165, 1.54) is 6.07 Å². The molecule has 2 aromatic carbocycles. The third-order valence-electron chi connectivity index (χ3n) is 3.27. The third kappa shape index (κ3) is 2.03. The van der Waals surface area contributed by atoms with Gasteiger partial charge < -0.3 is 10.2 Å². The van der Waals surface area contributed by atoms with Crippen LogP contribution in [0, 0.1) is 5.82 Å². The Hall–Kier alpha value is -2.36. The highest BCUT2D eigenvalue weighted by Gasteiger charge is 2.16. The summed E-state index contributed by atoms with van der Waals surface area (Å²) in [5, 5.41) is 0. The van der Waals surface area contributed by atoms with Crippen molar-refractivity contribution in [2.75, 3.05) is 5.73 Å². The number of benzene rings is 2. The first kappa shape index (κ1) is 12.7. The van der Waals surface area contributed by atoms with Crippen LogP contribution in [0.2, 0.25) is 0 Å². The lowest BCUT2D eigenvalue weighted by molar-refractivity contribution is 0.589. The Labute approximate surface area is 116 Å². The molecule has 0 aliphatic heterocycles. The van der Waals surface area contributed by atoms with Crippen LogP contribution in [0.5, 0.6) is 0 Å². The van der Waals surface area contributed by atoms with Gasteiger partial charge in [-0.1, -0.05) is 26.0 Å². The minimum atomic E-state index is -0.349. The van der Waals surface area contributed by atoms with Crippen LogP contribution in [0.15, 0.2) is 40.8 Å². The van der Waals surface area contributed by atoms with Crippen molar-refractivity contribution in [1.29, 1.82) is 0 Å². The summed E-state index contributed by atoms with van der Waals surface area (Å²) in [5.74, 6) is 0.186. The Bertz CT molecular complexity index is 777. The first-order valence-electron chi connectivity index (χ1n) is 6.51. The lowest BCUT2D eigenvalue weighted by Crippen LogP contribution is -1.92. The Kier molecular flexibility index (Phi) is 2.93. The average Bonchev–Trinajstić information content (AvgIpc) is 2.81. The number of nitrogens with zero attached hydrogens (tertiary/aromatic N) is 1. The predicted octanol–water partition coefficient (Wildman–Crippen LogP) is 4.34. The average molecular weight is 270 g/mol. The summed E-state index contributed by atoms with van der Waals surface area (Å²) in [4.78, 5) is 4.36. The molecule has 0 aliphatic rings. The zero-order valence-corrected chi connectivity index (χ0v) is 11.4. The van der Waals surface area contributed by atoms with E-state index in [0.717, 1.165) is 5.56 Å². The van der Waals surface area contributed by atoms with Crippen molar-refractivity contribution in [2.45, 2.75) is 19.8 Å². The van der Waals surface area contributed by atoms with Gasteiger partial charge in [-0.15, -0.1) is 0 Å². The van der Waals surface area contributed by atoms with Crippen molar-refractivity contribution in [2.24, 2.45) is 0 Å². The number of nitrogens with two attached hydrogens (primary N) is 1. The van der Waals surface area contributed by atoms with Crippen molar-refractivity contribution >= 4 is 16.8 Å². The van der Waals surface area contributed by atoms with Crippen LogP contribution < -0.4 is 5.73 Å². The van der Waals surface area contributed by atoms with Crippen molar-refractivity contribution < 1.29 is 8.81 Å². The number of hydrogen-bond acceptors (Lipinski definition) is 3. The van der Waals surface area contributed by atoms with E-state index in [-0.39, 0.29) is 17.6 Å². The minimum absolute atomic E-state index is 0.252. The van der Waals surface area contributed by atoms with Crippen LogP contribution in [-0.4, -0.2) is 4.98 Å². The lowest BCUT2D eigenvalue weighted by Gasteiger charge is -2.06. The molecule has 1 heterocycles. The van der Waals surface area contributed by atoms with E-state index in [4.69, 9.17) is 10.2 Å². The molecule has 3 aromatic rings. The molecule has 0 fully saturated rings. The smallest absolute Gasteiger partial charge is 0.230 e. The van der Waals surface area contributed by atoms with E-state index in [2.05, 4.69) is 18.8 Å². The molecule has 0 spiro atoms. The second-order valence-corrected chi connectivity index (χ2v) is 5.11. The molecule has 0 aliphatic carbocycles. The number of nitrogen functional groups attached to an aromatic ring is 1. The first-order chi connectivity index (χ1) is 9.56. The van der Waals surface area contributed by atoms with E-state index in [1.807, 2.05) is 6.07 Å². The van der Waals surface area contributed by atoms with Crippen LogP contribution in [0.3, 0.4) is 0 Å². The molecule has 20 heavy (non-hydrogen) atoms. The van der Waals surface area contributed by atoms with Gasteiger partial charge in [0.05, 0.1) is 5.56 Å². The molecule has 0 saturated carbocycles.